The smallest absolute Gasteiger partial charge is 0.314 e. The zero-order valence-electron chi connectivity index (χ0n) is 14.8. The van der Waals surface area contributed by atoms with Crippen molar-refractivity contribution in [3.8, 4) is 0 Å². The van der Waals surface area contributed by atoms with Gasteiger partial charge in [0.25, 0.3) is 0 Å². The lowest BCUT2D eigenvalue weighted by atomic mass is 9.89. The zero-order valence-corrected chi connectivity index (χ0v) is 14.8. The third-order valence-corrected chi connectivity index (χ3v) is 4.11. The third-order valence-electron chi connectivity index (χ3n) is 4.11. The molecule has 2 aromatic rings. The lowest BCUT2D eigenvalue weighted by Gasteiger charge is -2.34. The average molecular weight is 341 g/mol. The number of carbonyl (C=O) groups excluding carboxylic acids is 2. The standard InChI is InChI=1S/C19H23N3O3/c1-19(2,3)25-18(24)15-8-10-22(16-7-5-4-6-14(15)16)17(23)12-21-11-9-20-13-21/h4-7,9,11,13,15H,8,10,12H2,1-3H3. The van der Waals surface area contributed by atoms with Gasteiger partial charge in [0.2, 0.25) is 5.91 Å². The molecule has 1 aliphatic rings. The number of hydrogen-bond acceptors (Lipinski definition) is 4. The molecule has 1 atom stereocenters. The number of benzene rings is 1. The minimum absolute atomic E-state index is 0.0203. The van der Waals surface area contributed by atoms with Gasteiger partial charge in [0.1, 0.15) is 12.1 Å². The van der Waals surface area contributed by atoms with Crippen LogP contribution in [0.2, 0.25) is 0 Å². The van der Waals surface area contributed by atoms with Gasteiger partial charge in [0, 0.05) is 24.6 Å². The van der Waals surface area contributed by atoms with Crippen LogP contribution in [0.1, 0.15) is 38.7 Å². The fourth-order valence-electron chi connectivity index (χ4n) is 3.06. The van der Waals surface area contributed by atoms with Crippen LogP contribution in [0.5, 0.6) is 0 Å². The Hall–Kier alpha value is -2.63. The molecule has 0 fully saturated rings. The topological polar surface area (TPSA) is 64.4 Å². The highest BCUT2D eigenvalue weighted by molar-refractivity contribution is 5.96. The van der Waals surface area contributed by atoms with Crippen molar-refractivity contribution in [1.82, 2.24) is 9.55 Å². The Labute approximate surface area is 147 Å². The van der Waals surface area contributed by atoms with Crippen molar-refractivity contribution in [3.63, 3.8) is 0 Å². The molecule has 0 radical (unpaired) electrons. The Kier molecular flexibility index (Phi) is 4.61. The Bertz CT molecular complexity index is 762. The maximum atomic E-state index is 12.7. The lowest BCUT2D eigenvalue weighted by molar-refractivity contribution is -0.157. The molecular formula is C19H23N3O3. The van der Waals surface area contributed by atoms with E-state index in [9.17, 15) is 9.59 Å². The SMILES string of the molecule is CC(C)(C)OC(=O)C1CCN(C(=O)Cn2ccnc2)c2ccccc21. The summed E-state index contributed by atoms with van der Waals surface area (Å²) in [6, 6.07) is 7.56. The third kappa shape index (κ3) is 3.90. The van der Waals surface area contributed by atoms with Crippen LogP contribution in [0.25, 0.3) is 0 Å². The molecular weight excluding hydrogens is 318 g/mol. The van der Waals surface area contributed by atoms with Crippen LogP contribution in [0.4, 0.5) is 5.69 Å². The fourth-order valence-corrected chi connectivity index (χ4v) is 3.06. The molecule has 1 aliphatic heterocycles. The highest BCUT2D eigenvalue weighted by Gasteiger charge is 2.34. The van der Waals surface area contributed by atoms with E-state index in [0.717, 1.165) is 11.3 Å². The van der Waals surface area contributed by atoms with E-state index in [4.69, 9.17) is 4.74 Å². The minimum Gasteiger partial charge on any atom is -0.459 e. The second-order valence-electron chi connectivity index (χ2n) is 7.21. The van der Waals surface area contributed by atoms with Crippen molar-refractivity contribution in [1.29, 1.82) is 0 Å². The second-order valence-corrected chi connectivity index (χ2v) is 7.21. The Morgan fingerprint density at radius 2 is 2.04 bits per heavy atom. The maximum Gasteiger partial charge on any atom is 0.314 e. The summed E-state index contributed by atoms with van der Waals surface area (Å²) >= 11 is 0. The van der Waals surface area contributed by atoms with Crippen LogP contribution in [0, 0.1) is 0 Å². The first-order chi connectivity index (χ1) is 11.8. The molecule has 0 saturated heterocycles. The van der Waals surface area contributed by atoms with Crippen molar-refractivity contribution in [2.75, 3.05) is 11.4 Å². The number of amides is 1. The van der Waals surface area contributed by atoms with E-state index in [2.05, 4.69) is 4.98 Å². The van der Waals surface area contributed by atoms with E-state index < -0.39 is 5.60 Å². The molecule has 0 spiro atoms. The Morgan fingerprint density at radius 3 is 2.72 bits per heavy atom. The number of fused-ring (bicyclic) bond motifs is 1. The number of hydrogen-bond donors (Lipinski definition) is 0. The quantitative estimate of drug-likeness (QED) is 0.805. The number of aromatic nitrogens is 2. The average Bonchev–Trinajstić information content (AvgIpc) is 3.05. The number of carbonyl (C=O) groups is 2. The molecule has 6 heteroatoms. The van der Waals surface area contributed by atoms with Crippen molar-refractivity contribution in [2.45, 2.75) is 45.3 Å². The number of rotatable bonds is 3. The molecule has 2 heterocycles. The first kappa shape index (κ1) is 17.2. The zero-order chi connectivity index (χ0) is 18.0. The van der Waals surface area contributed by atoms with E-state index >= 15 is 0 Å². The van der Waals surface area contributed by atoms with E-state index in [1.807, 2.05) is 45.0 Å². The molecule has 0 N–H and O–H groups in total. The molecule has 0 bridgehead atoms. The van der Waals surface area contributed by atoms with Crippen molar-refractivity contribution < 1.29 is 14.3 Å². The fraction of sp³-hybridized carbons (Fsp3) is 0.421. The summed E-state index contributed by atoms with van der Waals surface area (Å²) in [5, 5.41) is 0. The normalized spacial score (nSPS) is 17.1. The summed E-state index contributed by atoms with van der Waals surface area (Å²) in [4.78, 5) is 31.0. The number of para-hydroxylation sites is 1. The highest BCUT2D eigenvalue weighted by atomic mass is 16.6. The molecule has 6 nitrogen and oxygen atoms in total. The molecule has 1 amide bonds. The van der Waals surface area contributed by atoms with Crippen molar-refractivity contribution in [3.05, 3.63) is 48.5 Å². The minimum atomic E-state index is -0.527. The number of esters is 1. The van der Waals surface area contributed by atoms with Crippen LogP contribution in [-0.4, -0.2) is 33.6 Å². The summed E-state index contributed by atoms with van der Waals surface area (Å²) in [6.45, 7) is 6.31. The van der Waals surface area contributed by atoms with Gasteiger partial charge in [0.15, 0.2) is 0 Å². The molecule has 0 aliphatic carbocycles. The molecule has 132 valence electrons. The first-order valence-corrected chi connectivity index (χ1v) is 8.43. The molecule has 25 heavy (non-hydrogen) atoms. The maximum absolute atomic E-state index is 12.7. The summed E-state index contributed by atoms with van der Waals surface area (Å²) in [5.41, 5.74) is 1.11. The van der Waals surface area contributed by atoms with Gasteiger partial charge in [-0.15, -0.1) is 0 Å². The van der Waals surface area contributed by atoms with Gasteiger partial charge in [0.05, 0.1) is 12.2 Å². The van der Waals surface area contributed by atoms with E-state index in [1.165, 1.54) is 0 Å². The van der Waals surface area contributed by atoms with Crippen LogP contribution >= 0.6 is 0 Å². The van der Waals surface area contributed by atoms with Gasteiger partial charge in [-0.25, -0.2) is 4.98 Å². The van der Waals surface area contributed by atoms with Gasteiger partial charge >= 0.3 is 5.97 Å². The molecule has 1 aromatic heterocycles. The van der Waals surface area contributed by atoms with E-state index in [-0.39, 0.29) is 24.3 Å². The highest BCUT2D eigenvalue weighted by Crippen LogP contribution is 2.36. The summed E-state index contributed by atoms with van der Waals surface area (Å²) < 4.78 is 7.30. The van der Waals surface area contributed by atoms with Gasteiger partial charge in [-0.2, -0.15) is 0 Å². The van der Waals surface area contributed by atoms with Gasteiger partial charge in [-0.05, 0) is 38.8 Å². The predicted octanol–water partition coefficient (Wildman–Crippen LogP) is 2.75. The molecule has 0 saturated carbocycles. The van der Waals surface area contributed by atoms with Gasteiger partial charge in [-0.1, -0.05) is 18.2 Å². The van der Waals surface area contributed by atoms with Crippen LogP contribution < -0.4 is 4.90 Å². The lowest BCUT2D eigenvalue weighted by Crippen LogP contribution is -2.40. The monoisotopic (exact) mass is 341 g/mol. The van der Waals surface area contributed by atoms with Gasteiger partial charge in [-0.3, -0.25) is 9.59 Å². The van der Waals surface area contributed by atoms with Crippen LogP contribution in [0.15, 0.2) is 43.0 Å². The predicted molar refractivity (Wildman–Crippen MR) is 94.2 cm³/mol. The number of anilines is 1. The summed E-state index contributed by atoms with van der Waals surface area (Å²) in [6.07, 6.45) is 5.59. The molecule has 3 rings (SSSR count). The van der Waals surface area contributed by atoms with Gasteiger partial charge < -0.3 is 14.2 Å². The van der Waals surface area contributed by atoms with E-state index in [1.54, 1.807) is 28.2 Å². The number of ether oxygens (including phenoxy) is 1. The van der Waals surface area contributed by atoms with Crippen molar-refractivity contribution in [2.24, 2.45) is 0 Å². The Morgan fingerprint density at radius 1 is 1.28 bits per heavy atom. The second kappa shape index (κ2) is 6.70. The van der Waals surface area contributed by atoms with Crippen molar-refractivity contribution >= 4 is 17.6 Å². The summed E-state index contributed by atoms with van der Waals surface area (Å²) in [5.74, 6) is -0.595. The van der Waals surface area contributed by atoms with Crippen LogP contribution in [-0.2, 0) is 20.9 Å². The first-order valence-electron chi connectivity index (χ1n) is 8.43. The largest absolute Gasteiger partial charge is 0.459 e. The summed E-state index contributed by atoms with van der Waals surface area (Å²) in [7, 11) is 0. The number of imidazole rings is 1. The van der Waals surface area contributed by atoms with Crippen LogP contribution in [0.3, 0.4) is 0 Å². The van der Waals surface area contributed by atoms with E-state index in [0.29, 0.717) is 13.0 Å². The molecule has 1 unspecified atom stereocenters. The Balaban J connectivity index is 1.83. The molecule has 1 aromatic carbocycles. The number of nitrogens with zero attached hydrogens (tertiary/aromatic N) is 3.